The molecule has 2 nitrogen and oxygen atoms in total. The van der Waals surface area contributed by atoms with Gasteiger partial charge >= 0.3 is 0 Å². The van der Waals surface area contributed by atoms with Crippen LogP contribution in [0.15, 0.2) is 205 Å². The van der Waals surface area contributed by atoms with E-state index in [4.69, 9.17) is 4.42 Å². The zero-order valence-corrected chi connectivity index (χ0v) is 29.4. The number of rotatable bonds is 5. The van der Waals surface area contributed by atoms with Gasteiger partial charge in [-0.2, -0.15) is 0 Å². The van der Waals surface area contributed by atoms with Crippen LogP contribution in [-0.4, -0.2) is 0 Å². The Labute approximate surface area is 312 Å². The van der Waals surface area contributed by atoms with Crippen molar-refractivity contribution in [1.29, 1.82) is 0 Å². The highest BCUT2D eigenvalue weighted by molar-refractivity contribution is 6.17. The molecule has 1 aromatic heterocycles. The molecule has 1 heterocycles. The maximum atomic E-state index is 6.76. The van der Waals surface area contributed by atoms with Gasteiger partial charge in [-0.15, -0.1) is 0 Å². The van der Waals surface area contributed by atoms with Gasteiger partial charge < -0.3 is 9.32 Å². The third kappa shape index (κ3) is 4.74. The second kappa shape index (κ2) is 12.2. The minimum atomic E-state index is 0.860. The van der Waals surface area contributed by atoms with Crippen molar-refractivity contribution in [2.75, 3.05) is 4.90 Å². The molecule has 0 aliphatic carbocycles. The van der Waals surface area contributed by atoms with E-state index in [9.17, 15) is 0 Å². The molecule has 2 heteroatoms. The van der Waals surface area contributed by atoms with E-state index in [1.165, 1.54) is 54.2 Å². The molecule has 0 unspecified atom stereocenters. The summed E-state index contributed by atoms with van der Waals surface area (Å²) in [7, 11) is 0. The maximum Gasteiger partial charge on any atom is 0.159 e. The van der Waals surface area contributed by atoms with E-state index in [2.05, 4.69) is 199 Å². The first-order valence-electron chi connectivity index (χ1n) is 18.5. The highest BCUT2D eigenvalue weighted by Crippen LogP contribution is 2.48. The van der Waals surface area contributed by atoms with Gasteiger partial charge in [-0.05, 0) is 102 Å². The number of hydrogen-bond acceptors (Lipinski definition) is 2. The van der Waals surface area contributed by atoms with Gasteiger partial charge in [-0.3, -0.25) is 0 Å². The standard InChI is InChI=1S/C52H33NO/c1-3-19-38-35(15-1)32-47(42-23-7-5-21-40(38)42)34-17-13-18-37(31-34)53(50-29-14-27-46-45-26-10-12-30-51(45)54-52(46)50)49-28-11-9-25-44(49)48-33-36-16-2-4-20-39(36)41-22-6-8-24-43(41)48/h1-33H. The molecule has 0 aliphatic rings. The average molecular weight is 688 g/mol. The van der Waals surface area contributed by atoms with Crippen molar-refractivity contribution in [2.45, 2.75) is 0 Å². The summed E-state index contributed by atoms with van der Waals surface area (Å²) in [5.74, 6) is 0. The third-order valence-corrected chi connectivity index (χ3v) is 11.0. The van der Waals surface area contributed by atoms with Crippen LogP contribution >= 0.6 is 0 Å². The van der Waals surface area contributed by atoms with Crippen LogP contribution in [0.4, 0.5) is 17.1 Å². The number of hydrogen-bond donors (Lipinski definition) is 0. The predicted octanol–water partition coefficient (Wildman–Crippen LogP) is 15.0. The summed E-state index contributed by atoms with van der Waals surface area (Å²) in [5.41, 5.74) is 9.56. The Balaban J connectivity index is 1.21. The zero-order valence-electron chi connectivity index (χ0n) is 29.4. The number of para-hydroxylation sites is 3. The van der Waals surface area contributed by atoms with E-state index in [0.717, 1.165) is 50.1 Å². The number of benzene rings is 10. The van der Waals surface area contributed by atoms with E-state index < -0.39 is 0 Å². The molecule has 54 heavy (non-hydrogen) atoms. The van der Waals surface area contributed by atoms with Crippen molar-refractivity contribution in [3.63, 3.8) is 0 Å². The molecule has 0 saturated heterocycles. The molecule has 0 aliphatic heterocycles. The van der Waals surface area contributed by atoms with Crippen LogP contribution in [0, 0.1) is 0 Å². The first-order valence-corrected chi connectivity index (χ1v) is 18.5. The van der Waals surface area contributed by atoms with Crippen molar-refractivity contribution < 1.29 is 4.42 Å². The first kappa shape index (κ1) is 30.5. The van der Waals surface area contributed by atoms with E-state index in [0.29, 0.717) is 0 Å². The number of anilines is 3. The predicted molar refractivity (Wildman–Crippen MR) is 229 cm³/mol. The molecule has 0 bridgehead atoms. The Hall–Kier alpha value is -7.16. The summed E-state index contributed by atoms with van der Waals surface area (Å²) in [6, 6.07) is 72.3. The third-order valence-electron chi connectivity index (χ3n) is 11.0. The van der Waals surface area contributed by atoms with Crippen LogP contribution in [0.3, 0.4) is 0 Å². The normalized spacial score (nSPS) is 11.7. The Morgan fingerprint density at radius 1 is 0.315 bits per heavy atom. The van der Waals surface area contributed by atoms with E-state index in [1.54, 1.807) is 0 Å². The Bertz CT molecular complexity index is 3240. The molecule has 0 radical (unpaired) electrons. The van der Waals surface area contributed by atoms with Gasteiger partial charge in [0.25, 0.3) is 0 Å². The lowest BCUT2D eigenvalue weighted by Gasteiger charge is -2.29. The molecule has 11 rings (SSSR count). The number of nitrogens with zero attached hydrogens (tertiary/aromatic N) is 1. The second-order valence-corrected chi connectivity index (χ2v) is 14.0. The first-order chi connectivity index (χ1) is 26.8. The summed E-state index contributed by atoms with van der Waals surface area (Å²) in [6.45, 7) is 0. The van der Waals surface area contributed by atoms with Gasteiger partial charge in [0.1, 0.15) is 5.58 Å². The molecule has 10 aromatic carbocycles. The van der Waals surface area contributed by atoms with Gasteiger partial charge in [0.05, 0.1) is 11.4 Å². The van der Waals surface area contributed by atoms with Crippen molar-refractivity contribution in [2.24, 2.45) is 0 Å². The average Bonchev–Trinajstić information content (AvgIpc) is 3.63. The van der Waals surface area contributed by atoms with Gasteiger partial charge in [0.2, 0.25) is 0 Å². The molecular weight excluding hydrogens is 655 g/mol. The van der Waals surface area contributed by atoms with Crippen LogP contribution in [0.2, 0.25) is 0 Å². The van der Waals surface area contributed by atoms with Crippen LogP contribution in [-0.2, 0) is 0 Å². The van der Waals surface area contributed by atoms with E-state index >= 15 is 0 Å². The highest BCUT2D eigenvalue weighted by atomic mass is 16.3. The summed E-state index contributed by atoms with van der Waals surface area (Å²) in [4.78, 5) is 2.40. The molecule has 0 amide bonds. The minimum absolute atomic E-state index is 0.860. The van der Waals surface area contributed by atoms with Gasteiger partial charge in [-0.25, -0.2) is 0 Å². The molecule has 252 valence electrons. The maximum absolute atomic E-state index is 6.76. The fourth-order valence-electron chi connectivity index (χ4n) is 8.60. The van der Waals surface area contributed by atoms with Gasteiger partial charge in [-0.1, -0.05) is 158 Å². The number of furan rings is 1. The zero-order chi connectivity index (χ0) is 35.6. The fraction of sp³-hybridized carbons (Fsp3) is 0. The molecule has 0 saturated carbocycles. The lowest BCUT2D eigenvalue weighted by Crippen LogP contribution is -2.11. The van der Waals surface area contributed by atoms with Gasteiger partial charge in [0.15, 0.2) is 5.58 Å². The lowest BCUT2D eigenvalue weighted by molar-refractivity contribution is 0.669. The van der Waals surface area contributed by atoms with Crippen molar-refractivity contribution in [3.8, 4) is 22.3 Å². The Kier molecular flexibility index (Phi) is 6.90. The molecule has 11 aromatic rings. The molecule has 0 spiro atoms. The Morgan fingerprint density at radius 3 is 1.57 bits per heavy atom. The molecule has 0 fully saturated rings. The Morgan fingerprint density at radius 2 is 0.833 bits per heavy atom. The summed E-state index contributed by atoms with van der Waals surface area (Å²) in [6.07, 6.45) is 0. The van der Waals surface area contributed by atoms with Crippen LogP contribution in [0.25, 0.3) is 87.3 Å². The van der Waals surface area contributed by atoms with Crippen molar-refractivity contribution in [3.05, 3.63) is 200 Å². The SMILES string of the molecule is c1cc(-c2cc3ccccc3c3ccccc23)cc(N(c2ccccc2-c2cc3ccccc3c3ccccc23)c2cccc3c2oc2ccccc23)c1. The monoisotopic (exact) mass is 687 g/mol. The lowest BCUT2D eigenvalue weighted by atomic mass is 9.91. The minimum Gasteiger partial charge on any atom is -0.454 e. The van der Waals surface area contributed by atoms with Crippen LogP contribution in [0.5, 0.6) is 0 Å². The van der Waals surface area contributed by atoms with Crippen LogP contribution in [0.1, 0.15) is 0 Å². The number of fused-ring (bicyclic) bond motifs is 9. The smallest absolute Gasteiger partial charge is 0.159 e. The fourth-order valence-corrected chi connectivity index (χ4v) is 8.60. The summed E-state index contributed by atoms with van der Waals surface area (Å²) in [5, 5.41) is 12.1. The van der Waals surface area contributed by atoms with Gasteiger partial charge in [0, 0.05) is 22.0 Å². The van der Waals surface area contributed by atoms with Crippen LogP contribution < -0.4 is 4.90 Å². The summed E-state index contributed by atoms with van der Waals surface area (Å²) < 4.78 is 6.76. The topological polar surface area (TPSA) is 16.4 Å². The van der Waals surface area contributed by atoms with Crippen molar-refractivity contribution in [1.82, 2.24) is 0 Å². The van der Waals surface area contributed by atoms with Crippen molar-refractivity contribution >= 4 is 82.1 Å². The molecule has 0 N–H and O–H groups in total. The second-order valence-electron chi connectivity index (χ2n) is 14.0. The highest BCUT2D eigenvalue weighted by Gasteiger charge is 2.23. The molecule has 0 atom stereocenters. The molecular formula is C52H33NO. The largest absolute Gasteiger partial charge is 0.454 e. The summed E-state index contributed by atoms with van der Waals surface area (Å²) >= 11 is 0. The quantitative estimate of drug-likeness (QED) is 0.168. The van der Waals surface area contributed by atoms with E-state index in [1.807, 2.05) is 6.07 Å². The van der Waals surface area contributed by atoms with E-state index in [-0.39, 0.29) is 0 Å².